The predicted octanol–water partition coefficient (Wildman–Crippen LogP) is 1.85. The van der Waals surface area contributed by atoms with Gasteiger partial charge in [-0.05, 0) is 18.6 Å². The molecule has 1 aromatic carbocycles. The maximum atomic E-state index is 10.1. The molecule has 0 heterocycles. The Bertz CT molecular complexity index is 395. The lowest BCUT2D eigenvalue weighted by Crippen LogP contribution is -1.96. The van der Waals surface area contributed by atoms with Gasteiger partial charge in [0.2, 0.25) is 6.08 Å². The van der Waals surface area contributed by atoms with Crippen LogP contribution in [0.1, 0.15) is 11.1 Å². The van der Waals surface area contributed by atoms with E-state index in [0.29, 0.717) is 11.5 Å². The highest BCUT2D eigenvalue weighted by molar-refractivity contribution is 5.49. The highest BCUT2D eigenvalue weighted by Gasteiger charge is 2.10. The lowest BCUT2D eigenvalue weighted by atomic mass is 10.1. The number of aliphatic imine (C=N–C) groups is 1. The van der Waals surface area contributed by atoms with Crippen molar-refractivity contribution in [3.8, 4) is 11.5 Å². The Hall–Kier alpha value is -1.80. The zero-order valence-corrected chi connectivity index (χ0v) is 9.03. The van der Waals surface area contributed by atoms with Crippen molar-refractivity contribution in [2.24, 2.45) is 4.99 Å². The first-order chi connectivity index (χ1) is 7.22. The van der Waals surface area contributed by atoms with E-state index in [9.17, 15) is 4.79 Å². The minimum atomic E-state index is 0.255. The summed E-state index contributed by atoms with van der Waals surface area (Å²) in [5.41, 5.74) is 1.85. The molecule has 0 aliphatic rings. The van der Waals surface area contributed by atoms with Gasteiger partial charge < -0.3 is 9.47 Å². The van der Waals surface area contributed by atoms with Crippen LogP contribution in [0, 0.1) is 6.92 Å². The van der Waals surface area contributed by atoms with Gasteiger partial charge in [-0.25, -0.2) is 9.79 Å². The molecule has 4 nitrogen and oxygen atoms in total. The van der Waals surface area contributed by atoms with Crippen molar-refractivity contribution in [2.45, 2.75) is 13.5 Å². The molecule has 1 aromatic rings. The van der Waals surface area contributed by atoms with Gasteiger partial charge in [0.1, 0.15) is 0 Å². The van der Waals surface area contributed by atoms with Gasteiger partial charge in [0.15, 0.2) is 11.5 Å². The van der Waals surface area contributed by atoms with Gasteiger partial charge in [0, 0.05) is 5.56 Å². The van der Waals surface area contributed by atoms with Crippen molar-refractivity contribution in [3.05, 3.63) is 23.3 Å². The van der Waals surface area contributed by atoms with Crippen LogP contribution in [0.25, 0.3) is 0 Å². The Morgan fingerprint density at radius 3 is 2.60 bits per heavy atom. The monoisotopic (exact) mass is 207 g/mol. The summed E-state index contributed by atoms with van der Waals surface area (Å²) in [6.07, 6.45) is 1.50. The number of hydrogen-bond acceptors (Lipinski definition) is 4. The zero-order valence-electron chi connectivity index (χ0n) is 9.03. The van der Waals surface area contributed by atoms with Crippen LogP contribution in [-0.4, -0.2) is 20.3 Å². The van der Waals surface area contributed by atoms with Gasteiger partial charge in [-0.1, -0.05) is 6.07 Å². The van der Waals surface area contributed by atoms with Gasteiger partial charge in [0.25, 0.3) is 0 Å². The summed E-state index contributed by atoms with van der Waals surface area (Å²) in [6, 6.07) is 3.77. The lowest BCUT2D eigenvalue weighted by Gasteiger charge is -2.12. The lowest BCUT2D eigenvalue weighted by molar-refractivity contribution is 0.351. The van der Waals surface area contributed by atoms with Gasteiger partial charge in [-0.3, -0.25) is 0 Å². The molecule has 0 atom stereocenters. The minimum Gasteiger partial charge on any atom is -0.493 e. The molecule has 0 aromatic heterocycles. The second kappa shape index (κ2) is 5.17. The first-order valence-corrected chi connectivity index (χ1v) is 4.48. The Morgan fingerprint density at radius 2 is 2.07 bits per heavy atom. The molecule has 0 amide bonds. The Kier molecular flexibility index (Phi) is 3.89. The molecule has 80 valence electrons. The van der Waals surface area contributed by atoms with E-state index in [4.69, 9.17) is 9.47 Å². The largest absolute Gasteiger partial charge is 0.493 e. The molecule has 0 bridgehead atoms. The Labute approximate surface area is 88.5 Å². The summed E-state index contributed by atoms with van der Waals surface area (Å²) >= 11 is 0. The summed E-state index contributed by atoms with van der Waals surface area (Å²) in [7, 11) is 3.13. The van der Waals surface area contributed by atoms with Gasteiger partial charge >= 0.3 is 0 Å². The average molecular weight is 207 g/mol. The summed E-state index contributed by atoms with van der Waals surface area (Å²) in [4.78, 5) is 13.6. The third kappa shape index (κ3) is 2.58. The summed E-state index contributed by atoms with van der Waals surface area (Å²) in [6.45, 7) is 2.20. The number of ether oxygens (including phenoxy) is 2. The SMILES string of the molecule is COc1cc(C)cc(CN=C=O)c1OC. The molecule has 0 aliphatic carbocycles. The maximum Gasteiger partial charge on any atom is 0.235 e. The fourth-order valence-electron chi connectivity index (χ4n) is 1.43. The van der Waals surface area contributed by atoms with Crippen molar-refractivity contribution in [1.29, 1.82) is 0 Å². The van der Waals surface area contributed by atoms with Crippen molar-refractivity contribution >= 4 is 6.08 Å². The van der Waals surface area contributed by atoms with E-state index in [1.165, 1.54) is 6.08 Å². The van der Waals surface area contributed by atoms with Crippen molar-refractivity contribution in [1.82, 2.24) is 0 Å². The normalized spacial score (nSPS) is 9.27. The average Bonchev–Trinajstić information content (AvgIpc) is 2.25. The number of isocyanates is 1. The molecule has 1 rings (SSSR count). The van der Waals surface area contributed by atoms with E-state index in [2.05, 4.69) is 4.99 Å². The number of nitrogens with zero attached hydrogens (tertiary/aromatic N) is 1. The molecule has 0 unspecified atom stereocenters. The van der Waals surface area contributed by atoms with E-state index in [1.807, 2.05) is 19.1 Å². The first kappa shape index (κ1) is 11.3. The molecule has 0 N–H and O–H groups in total. The van der Waals surface area contributed by atoms with Crippen LogP contribution in [0.15, 0.2) is 17.1 Å². The molecular weight excluding hydrogens is 194 g/mol. The van der Waals surface area contributed by atoms with Crippen molar-refractivity contribution in [3.63, 3.8) is 0 Å². The molecule has 0 saturated carbocycles. The molecule has 0 aliphatic heterocycles. The van der Waals surface area contributed by atoms with Crippen LogP contribution < -0.4 is 9.47 Å². The number of benzene rings is 1. The maximum absolute atomic E-state index is 10.1. The summed E-state index contributed by atoms with van der Waals surface area (Å²) in [5, 5.41) is 0. The molecule has 0 fully saturated rings. The van der Waals surface area contributed by atoms with Crippen LogP contribution >= 0.6 is 0 Å². The quantitative estimate of drug-likeness (QED) is 0.559. The standard InChI is InChI=1S/C11H13NO3/c1-8-4-9(6-12-7-13)11(15-3)10(5-8)14-2/h4-5H,6H2,1-3H3. The van der Waals surface area contributed by atoms with E-state index in [-0.39, 0.29) is 6.54 Å². The number of hydrogen-bond donors (Lipinski definition) is 0. The van der Waals surface area contributed by atoms with Crippen molar-refractivity contribution < 1.29 is 14.3 Å². The van der Waals surface area contributed by atoms with Crippen LogP contribution in [0.2, 0.25) is 0 Å². The summed E-state index contributed by atoms with van der Waals surface area (Å²) < 4.78 is 10.4. The van der Waals surface area contributed by atoms with Crippen LogP contribution in [0.4, 0.5) is 0 Å². The van der Waals surface area contributed by atoms with E-state index in [0.717, 1.165) is 11.1 Å². The second-order valence-corrected chi connectivity index (χ2v) is 3.07. The highest BCUT2D eigenvalue weighted by atomic mass is 16.5. The molecular formula is C11H13NO3. The first-order valence-electron chi connectivity index (χ1n) is 4.48. The number of carbonyl (C=O) groups excluding carboxylic acids is 1. The van der Waals surface area contributed by atoms with E-state index >= 15 is 0 Å². The van der Waals surface area contributed by atoms with E-state index in [1.54, 1.807) is 14.2 Å². The molecule has 0 saturated heterocycles. The molecule has 15 heavy (non-hydrogen) atoms. The van der Waals surface area contributed by atoms with Gasteiger partial charge in [-0.15, -0.1) is 0 Å². The Morgan fingerprint density at radius 1 is 1.33 bits per heavy atom. The second-order valence-electron chi connectivity index (χ2n) is 3.07. The smallest absolute Gasteiger partial charge is 0.235 e. The van der Waals surface area contributed by atoms with Crippen LogP contribution in [0.3, 0.4) is 0 Å². The molecule has 0 radical (unpaired) electrons. The van der Waals surface area contributed by atoms with Gasteiger partial charge in [-0.2, -0.15) is 0 Å². The predicted molar refractivity (Wildman–Crippen MR) is 56.1 cm³/mol. The minimum absolute atomic E-state index is 0.255. The third-order valence-electron chi connectivity index (χ3n) is 2.01. The fraction of sp³-hybridized carbons (Fsp3) is 0.364. The van der Waals surface area contributed by atoms with Crippen LogP contribution in [-0.2, 0) is 11.3 Å². The third-order valence-corrected chi connectivity index (χ3v) is 2.01. The number of methoxy groups -OCH3 is 2. The Balaban J connectivity index is 3.21. The zero-order chi connectivity index (χ0) is 11.3. The molecule has 0 spiro atoms. The van der Waals surface area contributed by atoms with Crippen LogP contribution in [0.5, 0.6) is 11.5 Å². The fourth-order valence-corrected chi connectivity index (χ4v) is 1.43. The molecule has 4 heteroatoms. The number of aryl methyl sites for hydroxylation is 1. The number of rotatable bonds is 4. The van der Waals surface area contributed by atoms with Crippen molar-refractivity contribution in [2.75, 3.05) is 14.2 Å². The van der Waals surface area contributed by atoms with Gasteiger partial charge in [0.05, 0.1) is 20.8 Å². The highest BCUT2D eigenvalue weighted by Crippen LogP contribution is 2.32. The summed E-state index contributed by atoms with van der Waals surface area (Å²) in [5.74, 6) is 1.26. The topological polar surface area (TPSA) is 47.9 Å². The van der Waals surface area contributed by atoms with E-state index < -0.39 is 0 Å².